The normalized spacial score (nSPS) is 11.9. The SMILES string of the molecule is O=[N+]([O-])/C(=C\C=C\c1ccccc1)CO. The van der Waals surface area contributed by atoms with Gasteiger partial charge in [0, 0.05) is 6.08 Å². The molecule has 0 heterocycles. The van der Waals surface area contributed by atoms with Gasteiger partial charge in [-0.1, -0.05) is 42.5 Å². The molecule has 0 saturated heterocycles. The Hall–Kier alpha value is -1.94. The fraction of sp³-hybridized carbons (Fsp3) is 0.0909. The molecule has 0 unspecified atom stereocenters. The molecule has 0 amide bonds. The molecule has 0 aliphatic rings. The van der Waals surface area contributed by atoms with Crippen LogP contribution in [0.2, 0.25) is 0 Å². The van der Waals surface area contributed by atoms with Crippen LogP contribution in [-0.2, 0) is 0 Å². The van der Waals surface area contributed by atoms with Crippen LogP contribution >= 0.6 is 0 Å². The molecule has 4 nitrogen and oxygen atoms in total. The summed E-state index contributed by atoms with van der Waals surface area (Å²) in [5.74, 6) is 0. The van der Waals surface area contributed by atoms with Crippen molar-refractivity contribution in [2.24, 2.45) is 0 Å². The van der Waals surface area contributed by atoms with Crippen molar-refractivity contribution in [3.8, 4) is 0 Å². The predicted octanol–water partition coefficient (Wildman–Crippen LogP) is 1.85. The average Bonchev–Trinajstić information content (AvgIpc) is 2.25. The predicted molar refractivity (Wildman–Crippen MR) is 57.6 cm³/mol. The Kier molecular flexibility index (Phi) is 4.25. The highest BCUT2D eigenvalue weighted by molar-refractivity contribution is 5.50. The van der Waals surface area contributed by atoms with Gasteiger partial charge in [0.25, 0.3) is 5.70 Å². The summed E-state index contributed by atoms with van der Waals surface area (Å²) in [7, 11) is 0. The molecule has 0 saturated carbocycles. The summed E-state index contributed by atoms with van der Waals surface area (Å²) >= 11 is 0. The second kappa shape index (κ2) is 5.72. The number of rotatable bonds is 4. The number of aliphatic hydroxyl groups excluding tert-OH is 1. The van der Waals surface area contributed by atoms with Crippen LogP contribution in [0.5, 0.6) is 0 Å². The first kappa shape index (κ1) is 11.1. The molecular formula is C11H11NO3. The third kappa shape index (κ3) is 3.74. The Morgan fingerprint density at radius 3 is 2.60 bits per heavy atom. The highest BCUT2D eigenvalue weighted by Crippen LogP contribution is 2.02. The number of allylic oxidation sites excluding steroid dienone is 2. The molecule has 15 heavy (non-hydrogen) atoms. The Balaban J connectivity index is 2.70. The van der Waals surface area contributed by atoms with Gasteiger partial charge in [-0.3, -0.25) is 10.1 Å². The van der Waals surface area contributed by atoms with Crippen molar-refractivity contribution in [3.63, 3.8) is 0 Å². The minimum absolute atomic E-state index is 0.220. The number of hydrogen-bond donors (Lipinski definition) is 1. The van der Waals surface area contributed by atoms with Gasteiger partial charge in [-0.2, -0.15) is 0 Å². The van der Waals surface area contributed by atoms with E-state index in [-0.39, 0.29) is 5.70 Å². The first-order valence-electron chi connectivity index (χ1n) is 4.41. The molecule has 4 heteroatoms. The van der Waals surface area contributed by atoms with Crippen molar-refractivity contribution >= 4 is 6.08 Å². The van der Waals surface area contributed by atoms with Gasteiger partial charge in [0.1, 0.15) is 6.61 Å². The topological polar surface area (TPSA) is 63.4 Å². The van der Waals surface area contributed by atoms with Crippen molar-refractivity contribution in [1.29, 1.82) is 0 Å². The number of aliphatic hydroxyl groups is 1. The minimum atomic E-state index is -0.602. The maximum absolute atomic E-state index is 10.3. The molecule has 0 fully saturated rings. The lowest BCUT2D eigenvalue weighted by atomic mass is 10.2. The first-order valence-corrected chi connectivity index (χ1v) is 4.41. The molecule has 0 aliphatic heterocycles. The summed E-state index contributed by atoms with van der Waals surface area (Å²) in [6.45, 7) is -0.563. The molecule has 0 radical (unpaired) electrons. The van der Waals surface area contributed by atoms with Gasteiger partial charge in [0.15, 0.2) is 0 Å². The van der Waals surface area contributed by atoms with Crippen LogP contribution in [0.15, 0.2) is 48.2 Å². The molecule has 1 aromatic carbocycles. The third-order valence-electron chi connectivity index (χ3n) is 1.77. The number of hydrogen-bond acceptors (Lipinski definition) is 3. The van der Waals surface area contributed by atoms with Crippen LogP contribution in [0.4, 0.5) is 0 Å². The largest absolute Gasteiger partial charge is 0.385 e. The smallest absolute Gasteiger partial charge is 0.271 e. The lowest BCUT2D eigenvalue weighted by Gasteiger charge is -1.91. The molecule has 0 atom stereocenters. The van der Waals surface area contributed by atoms with Crippen molar-refractivity contribution < 1.29 is 10.0 Å². The standard InChI is InChI=1S/C11H11NO3/c13-9-11(12(14)15)8-4-7-10-5-2-1-3-6-10/h1-8,13H,9H2/b7-4+,11-8-. The quantitative estimate of drug-likeness (QED) is 0.463. The zero-order valence-electron chi connectivity index (χ0n) is 8.04. The Labute approximate surface area is 87.3 Å². The average molecular weight is 205 g/mol. The maximum atomic E-state index is 10.3. The molecule has 0 spiro atoms. The summed E-state index contributed by atoms with van der Waals surface area (Å²) in [6.07, 6.45) is 4.57. The lowest BCUT2D eigenvalue weighted by Crippen LogP contribution is -2.02. The van der Waals surface area contributed by atoms with Gasteiger partial charge in [0.05, 0.1) is 4.92 Å². The number of nitro groups is 1. The number of benzene rings is 1. The van der Waals surface area contributed by atoms with E-state index in [2.05, 4.69) is 0 Å². The molecule has 0 aromatic heterocycles. The molecular weight excluding hydrogens is 194 g/mol. The highest BCUT2D eigenvalue weighted by atomic mass is 16.6. The van der Waals surface area contributed by atoms with Crippen LogP contribution in [0.3, 0.4) is 0 Å². The summed E-state index contributed by atoms with van der Waals surface area (Å²) in [5, 5.41) is 19.0. The van der Waals surface area contributed by atoms with Crippen molar-refractivity contribution in [3.05, 3.63) is 63.9 Å². The van der Waals surface area contributed by atoms with Crippen LogP contribution in [-0.4, -0.2) is 16.6 Å². The van der Waals surface area contributed by atoms with Gasteiger partial charge in [-0.05, 0) is 5.56 Å². The Morgan fingerprint density at radius 1 is 1.40 bits per heavy atom. The van der Waals surface area contributed by atoms with Gasteiger partial charge < -0.3 is 5.11 Å². The van der Waals surface area contributed by atoms with E-state index in [0.717, 1.165) is 5.56 Å². The highest BCUT2D eigenvalue weighted by Gasteiger charge is 2.05. The van der Waals surface area contributed by atoms with Crippen molar-refractivity contribution in [1.82, 2.24) is 0 Å². The molecule has 0 aliphatic carbocycles. The van der Waals surface area contributed by atoms with E-state index in [1.54, 1.807) is 12.2 Å². The summed E-state index contributed by atoms with van der Waals surface area (Å²) in [6, 6.07) is 9.42. The summed E-state index contributed by atoms with van der Waals surface area (Å²) < 4.78 is 0. The van der Waals surface area contributed by atoms with Crippen LogP contribution in [0.25, 0.3) is 6.08 Å². The van der Waals surface area contributed by atoms with E-state index < -0.39 is 11.5 Å². The monoisotopic (exact) mass is 205 g/mol. The summed E-state index contributed by atoms with van der Waals surface area (Å²) in [5.41, 5.74) is 0.733. The Morgan fingerprint density at radius 2 is 2.07 bits per heavy atom. The second-order valence-electron chi connectivity index (χ2n) is 2.84. The van der Waals surface area contributed by atoms with Crippen molar-refractivity contribution in [2.75, 3.05) is 6.61 Å². The molecule has 0 bridgehead atoms. The van der Waals surface area contributed by atoms with Crippen LogP contribution in [0, 0.1) is 10.1 Å². The van der Waals surface area contributed by atoms with E-state index in [4.69, 9.17) is 5.11 Å². The van der Waals surface area contributed by atoms with E-state index in [9.17, 15) is 10.1 Å². The van der Waals surface area contributed by atoms with Gasteiger partial charge in [-0.15, -0.1) is 0 Å². The fourth-order valence-corrected chi connectivity index (χ4v) is 1.01. The van der Waals surface area contributed by atoms with Gasteiger partial charge in [0.2, 0.25) is 0 Å². The first-order chi connectivity index (χ1) is 7.24. The Bertz CT molecular complexity index is 382. The maximum Gasteiger partial charge on any atom is 0.271 e. The minimum Gasteiger partial charge on any atom is -0.385 e. The fourth-order valence-electron chi connectivity index (χ4n) is 1.01. The number of nitrogens with zero attached hydrogens (tertiary/aromatic N) is 1. The lowest BCUT2D eigenvalue weighted by molar-refractivity contribution is -0.429. The third-order valence-corrected chi connectivity index (χ3v) is 1.77. The van der Waals surface area contributed by atoms with Gasteiger partial charge >= 0.3 is 0 Å². The van der Waals surface area contributed by atoms with Crippen LogP contribution in [0.1, 0.15) is 5.56 Å². The molecule has 1 rings (SSSR count). The van der Waals surface area contributed by atoms with Crippen molar-refractivity contribution in [2.45, 2.75) is 0 Å². The van der Waals surface area contributed by atoms with E-state index >= 15 is 0 Å². The summed E-state index contributed by atoms with van der Waals surface area (Å²) in [4.78, 5) is 9.71. The zero-order valence-corrected chi connectivity index (χ0v) is 8.04. The zero-order chi connectivity index (χ0) is 11.1. The van der Waals surface area contributed by atoms with Crippen LogP contribution < -0.4 is 0 Å². The molecule has 1 N–H and O–H groups in total. The second-order valence-corrected chi connectivity index (χ2v) is 2.84. The van der Waals surface area contributed by atoms with E-state index in [0.29, 0.717) is 0 Å². The molecule has 78 valence electrons. The molecule has 1 aromatic rings. The van der Waals surface area contributed by atoms with E-state index in [1.165, 1.54) is 6.08 Å². The van der Waals surface area contributed by atoms with Gasteiger partial charge in [-0.25, -0.2) is 0 Å². The van der Waals surface area contributed by atoms with E-state index in [1.807, 2.05) is 30.3 Å².